The molecule has 0 aromatic carbocycles. The fourth-order valence-corrected chi connectivity index (χ4v) is 9.38. The standard InChI is InChI=1S/C62H118O6/c1-4-7-10-13-15-17-19-21-23-25-27-28-29-30-31-32-33-34-35-37-38-40-42-44-46-49-52-55-61(64)67-58-59(57-66-60(63)54-51-48-12-9-6-3)68-62(65)56-53-50-47-45-43-41-39-36-26-24-22-20-18-16-14-11-8-5-2/h24,26,59H,4-23,25,27-58H2,1-3H3/b26-24-. The Bertz CT molecular complexity index is 1060. The monoisotopic (exact) mass is 959 g/mol. The summed E-state index contributed by atoms with van der Waals surface area (Å²) in [5.41, 5.74) is 0. The molecular formula is C62H118O6. The third kappa shape index (κ3) is 55.1. The number of ether oxygens (including phenoxy) is 3. The summed E-state index contributed by atoms with van der Waals surface area (Å²) in [7, 11) is 0. The van der Waals surface area contributed by atoms with Gasteiger partial charge in [-0.2, -0.15) is 0 Å². The fourth-order valence-electron chi connectivity index (χ4n) is 9.38. The van der Waals surface area contributed by atoms with Crippen molar-refractivity contribution < 1.29 is 28.6 Å². The molecule has 0 saturated heterocycles. The lowest BCUT2D eigenvalue weighted by Gasteiger charge is -2.18. The molecule has 1 atom stereocenters. The molecule has 402 valence electrons. The molecule has 0 bridgehead atoms. The van der Waals surface area contributed by atoms with Crippen LogP contribution in [-0.4, -0.2) is 37.2 Å². The lowest BCUT2D eigenvalue weighted by atomic mass is 10.0. The average molecular weight is 960 g/mol. The Balaban J connectivity index is 3.96. The number of esters is 3. The van der Waals surface area contributed by atoms with Crippen LogP contribution in [0.3, 0.4) is 0 Å². The molecule has 0 aliphatic carbocycles. The summed E-state index contributed by atoms with van der Waals surface area (Å²) in [5.74, 6) is -0.864. The van der Waals surface area contributed by atoms with Crippen LogP contribution in [0.4, 0.5) is 0 Å². The molecule has 0 aliphatic heterocycles. The van der Waals surface area contributed by atoms with Crippen LogP contribution < -0.4 is 0 Å². The summed E-state index contributed by atoms with van der Waals surface area (Å²) in [6.07, 6.45) is 67.0. The van der Waals surface area contributed by atoms with Crippen molar-refractivity contribution in [3.05, 3.63) is 12.2 Å². The Morgan fingerprint density at radius 1 is 0.279 bits per heavy atom. The zero-order valence-electron chi connectivity index (χ0n) is 46.2. The molecule has 0 radical (unpaired) electrons. The van der Waals surface area contributed by atoms with Crippen molar-refractivity contribution in [1.82, 2.24) is 0 Å². The summed E-state index contributed by atoms with van der Waals surface area (Å²) in [5, 5.41) is 0. The molecule has 0 aromatic heterocycles. The van der Waals surface area contributed by atoms with Crippen LogP contribution in [-0.2, 0) is 28.6 Å². The third-order valence-corrected chi connectivity index (χ3v) is 14.0. The smallest absolute Gasteiger partial charge is 0.306 e. The van der Waals surface area contributed by atoms with E-state index in [1.165, 1.54) is 244 Å². The van der Waals surface area contributed by atoms with Crippen LogP contribution in [0.1, 0.15) is 348 Å². The first kappa shape index (κ1) is 66.2. The number of hydrogen-bond acceptors (Lipinski definition) is 6. The van der Waals surface area contributed by atoms with Crippen molar-refractivity contribution in [3.8, 4) is 0 Å². The van der Waals surface area contributed by atoms with Crippen LogP contribution in [0.2, 0.25) is 0 Å². The predicted molar refractivity (Wildman–Crippen MR) is 293 cm³/mol. The topological polar surface area (TPSA) is 78.9 Å². The zero-order chi connectivity index (χ0) is 49.3. The summed E-state index contributed by atoms with van der Waals surface area (Å²) >= 11 is 0. The number of rotatable bonds is 57. The molecule has 0 aliphatic rings. The lowest BCUT2D eigenvalue weighted by Crippen LogP contribution is -2.30. The van der Waals surface area contributed by atoms with Gasteiger partial charge in [0.2, 0.25) is 0 Å². The highest BCUT2D eigenvalue weighted by molar-refractivity contribution is 5.71. The normalized spacial score (nSPS) is 12.0. The molecule has 1 unspecified atom stereocenters. The Morgan fingerprint density at radius 2 is 0.485 bits per heavy atom. The van der Waals surface area contributed by atoms with Crippen LogP contribution in [0.25, 0.3) is 0 Å². The first-order valence-corrected chi connectivity index (χ1v) is 30.7. The van der Waals surface area contributed by atoms with E-state index in [1.54, 1.807) is 0 Å². The van der Waals surface area contributed by atoms with Gasteiger partial charge >= 0.3 is 17.9 Å². The average Bonchev–Trinajstić information content (AvgIpc) is 3.34. The molecule has 6 nitrogen and oxygen atoms in total. The minimum atomic E-state index is -0.765. The first-order chi connectivity index (χ1) is 33.5. The molecule has 0 amide bonds. The van der Waals surface area contributed by atoms with Gasteiger partial charge in [0.15, 0.2) is 6.10 Å². The van der Waals surface area contributed by atoms with Crippen molar-refractivity contribution in [2.24, 2.45) is 0 Å². The second kappa shape index (κ2) is 57.7. The van der Waals surface area contributed by atoms with Gasteiger partial charge in [-0.05, 0) is 44.9 Å². The van der Waals surface area contributed by atoms with Crippen LogP contribution in [0, 0.1) is 0 Å². The zero-order valence-corrected chi connectivity index (χ0v) is 46.2. The number of carbonyl (C=O) groups is 3. The minimum Gasteiger partial charge on any atom is -0.462 e. The molecule has 0 fully saturated rings. The van der Waals surface area contributed by atoms with Gasteiger partial charge in [0.05, 0.1) is 0 Å². The van der Waals surface area contributed by atoms with Gasteiger partial charge in [-0.3, -0.25) is 14.4 Å². The maximum absolute atomic E-state index is 12.8. The van der Waals surface area contributed by atoms with E-state index in [1.807, 2.05) is 0 Å². The number of unbranched alkanes of at least 4 members (excludes halogenated alkanes) is 44. The second-order valence-corrected chi connectivity index (χ2v) is 21.0. The van der Waals surface area contributed by atoms with Gasteiger partial charge in [-0.25, -0.2) is 0 Å². The Labute approximate surface area is 424 Å². The van der Waals surface area contributed by atoms with Crippen molar-refractivity contribution in [3.63, 3.8) is 0 Å². The summed E-state index contributed by atoms with van der Waals surface area (Å²) in [6.45, 7) is 6.61. The highest BCUT2D eigenvalue weighted by Crippen LogP contribution is 2.18. The Kier molecular flexibility index (Phi) is 56.2. The molecule has 0 spiro atoms. The van der Waals surface area contributed by atoms with Gasteiger partial charge in [0.1, 0.15) is 13.2 Å². The van der Waals surface area contributed by atoms with Crippen molar-refractivity contribution >= 4 is 17.9 Å². The second-order valence-electron chi connectivity index (χ2n) is 21.0. The molecular weight excluding hydrogens is 841 g/mol. The van der Waals surface area contributed by atoms with Gasteiger partial charge in [0, 0.05) is 19.3 Å². The number of allylic oxidation sites excluding steroid dienone is 2. The summed E-state index contributed by atoms with van der Waals surface area (Å²) in [6, 6.07) is 0. The largest absolute Gasteiger partial charge is 0.462 e. The van der Waals surface area contributed by atoms with E-state index in [0.717, 1.165) is 64.2 Å². The van der Waals surface area contributed by atoms with E-state index in [4.69, 9.17) is 14.2 Å². The molecule has 0 N–H and O–H groups in total. The number of hydrogen-bond donors (Lipinski definition) is 0. The van der Waals surface area contributed by atoms with E-state index >= 15 is 0 Å². The van der Waals surface area contributed by atoms with Gasteiger partial charge in [-0.1, -0.05) is 296 Å². The van der Waals surface area contributed by atoms with Gasteiger partial charge in [0.25, 0.3) is 0 Å². The van der Waals surface area contributed by atoms with E-state index < -0.39 is 6.10 Å². The highest BCUT2D eigenvalue weighted by Gasteiger charge is 2.19. The lowest BCUT2D eigenvalue weighted by molar-refractivity contribution is -0.167. The molecule has 0 saturated carbocycles. The minimum absolute atomic E-state index is 0.0673. The molecule has 0 rings (SSSR count). The van der Waals surface area contributed by atoms with Gasteiger partial charge in [-0.15, -0.1) is 0 Å². The van der Waals surface area contributed by atoms with Crippen molar-refractivity contribution in [1.29, 1.82) is 0 Å². The summed E-state index contributed by atoms with van der Waals surface area (Å²) < 4.78 is 16.8. The van der Waals surface area contributed by atoms with E-state index in [0.29, 0.717) is 19.3 Å². The van der Waals surface area contributed by atoms with Crippen LogP contribution >= 0.6 is 0 Å². The first-order valence-electron chi connectivity index (χ1n) is 30.7. The summed E-state index contributed by atoms with van der Waals surface area (Å²) in [4.78, 5) is 37.8. The fraction of sp³-hybridized carbons (Fsp3) is 0.919. The van der Waals surface area contributed by atoms with E-state index in [-0.39, 0.29) is 31.1 Å². The molecule has 68 heavy (non-hydrogen) atoms. The SMILES string of the molecule is CCCCCCCCC/C=C\CCCCCCCCCC(=O)OC(COC(=O)CCCCCCC)COC(=O)CCCCCCCCCCCCCCCCCCCCCCCCCCCCC. The maximum atomic E-state index is 12.8. The van der Waals surface area contributed by atoms with Crippen LogP contribution in [0.15, 0.2) is 12.2 Å². The Hall–Kier alpha value is -1.85. The maximum Gasteiger partial charge on any atom is 0.306 e. The van der Waals surface area contributed by atoms with Crippen molar-refractivity contribution in [2.75, 3.05) is 13.2 Å². The molecule has 6 heteroatoms. The highest BCUT2D eigenvalue weighted by atomic mass is 16.6. The quantitative estimate of drug-likeness (QED) is 0.0262. The third-order valence-electron chi connectivity index (χ3n) is 14.0. The van der Waals surface area contributed by atoms with Crippen LogP contribution in [0.5, 0.6) is 0 Å². The molecule has 0 heterocycles. The molecule has 0 aromatic rings. The van der Waals surface area contributed by atoms with E-state index in [9.17, 15) is 14.4 Å². The van der Waals surface area contributed by atoms with E-state index in [2.05, 4.69) is 32.9 Å². The predicted octanol–water partition coefficient (Wildman–Crippen LogP) is 20.5. The Morgan fingerprint density at radius 3 is 0.735 bits per heavy atom. The number of carbonyl (C=O) groups excluding carboxylic acids is 3. The van der Waals surface area contributed by atoms with Gasteiger partial charge < -0.3 is 14.2 Å². The van der Waals surface area contributed by atoms with Crippen molar-refractivity contribution in [2.45, 2.75) is 354 Å².